The average Bonchev–Trinajstić information content (AvgIpc) is 3.16. The number of hydrogen-bond donors (Lipinski definition) is 0. The third kappa shape index (κ3) is 6.75. The standard InChI is InChI=1S/C28H44FN3O3/c1-6-8-18-32-20-30-28(17-7-2,35-27(33)34-5)25(32)19-21-9-11-22(12-10-21)26(31(3)4)23-13-15-24(29)16-14-23/h13-16,20-22,25-26H,6-12,17-19H2,1-5H3. The molecular formula is C28H44FN3O3. The first-order valence-electron chi connectivity index (χ1n) is 13.3. The summed E-state index contributed by atoms with van der Waals surface area (Å²) in [7, 11) is 5.59. The van der Waals surface area contributed by atoms with Gasteiger partial charge in [-0.05, 0) is 69.3 Å². The van der Waals surface area contributed by atoms with Gasteiger partial charge in [0.2, 0.25) is 5.72 Å². The molecule has 0 aromatic heterocycles. The fourth-order valence-corrected chi connectivity index (χ4v) is 6.10. The molecule has 0 saturated heterocycles. The van der Waals surface area contributed by atoms with Crippen molar-refractivity contribution in [3.05, 3.63) is 35.6 Å². The maximum Gasteiger partial charge on any atom is 0.510 e. The second kappa shape index (κ2) is 12.7. The number of nitrogens with zero attached hydrogens (tertiary/aromatic N) is 3. The molecule has 0 radical (unpaired) electrons. The monoisotopic (exact) mass is 489 g/mol. The highest BCUT2D eigenvalue weighted by Crippen LogP contribution is 2.43. The lowest BCUT2D eigenvalue weighted by molar-refractivity contribution is -0.0625. The molecule has 0 N–H and O–H groups in total. The van der Waals surface area contributed by atoms with Gasteiger partial charge in [-0.3, -0.25) is 0 Å². The Morgan fingerprint density at radius 2 is 1.86 bits per heavy atom. The van der Waals surface area contributed by atoms with Crippen molar-refractivity contribution in [2.45, 2.75) is 89.4 Å². The summed E-state index contributed by atoms with van der Waals surface area (Å²) in [4.78, 5) is 21.5. The summed E-state index contributed by atoms with van der Waals surface area (Å²) in [5.41, 5.74) is 0.315. The number of unbranched alkanes of at least 4 members (excludes halogenated alkanes) is 1. The molecule has 1 heterocycles. The van der Waals surface area contributed by atoms with Crippen LogP contribution < -0.4 is 0 Å². The molecule has 196 valence electrons. The molecule has 2 aliphatic rings. The Morgan fingerprint density at radius 3 is 2.43 bits per heavy atom. The van der Waals surface area contributed by atoms with Crippen LogP contribution in [0.3, 0.4) is 0 Å². The Balaban J connectivity index is 1.71. The van der Waals surface area contributed by atoms with Crippen molar-refractivity contribution in [3.8, 4) is 0 Å². The van der Waals surface area contributed by atoms with Gasteiger partial charge in [0.05, 0.1) is 19.5 Å². The van der Waals surface area contributed by atoms with Crippen molar-refractivity contribution in [1.82, 2.24) is 9.80 Å². The lowest BCUT2D eigenvalue weighted by Crippen LogP contribution is -2.50. The van der Waals surface area contributed by atoms with Gasteiger partial charge in [0, 0.05) is 19.0 Å². The van der Waals surface area contributed by atoms with E-state index in [-0.39, 0.29) is 17.9 Å². The first-order valence-corrected chi connectivity index (χ1v) is 13.3. The first kappa shape index (κ1) is 27.4. The van der Waals surface area contributed by atoms with E-state index < -0.39 is 11.9 Å². The third-order valence-electron chi connectivity index (χ3n) is 7.81. The summed E-state index contributed by atoms with van der Waals surface area (Å²) < 4.78 is 24.2. The Kier molecular flexibility index (Phi) is 9.96. The summed E-state index contributed by atoms with van der Waals surface area (Å²) >= 11 is 0. The van der Waals surface area contributed by atoms with Gasteiger partial charge >= 0.3 is 6.16 Å². The number of carbonyl (C=O) groups excluding carboxylic acids is 1. The van der Waals surface area contributed by atoms with Crippen LogP contribution in [-0.4, -0.2) is 61.8 Å². The van der Waals surface area contributed by atoms with Crippen molar-refractivity contribution in [2.24, 2.45) is 16.8 Å². The Labute approximate surface area is 210 Å². The number of halogens is 1. The van der Waals surface area contributed by atoms with Crippen LogP contribution in [-0.2, 0) is 9.47 Å². The number of aliphatic imine (C=N–C) groups is 1. The molecule has 3 rings (SSSR count). The lowest BCUT2D eigenvalue weighted by Gasteiger charge is -2.41. The van der Waals surface area contributed by atoms with Crippen molar-refractivity contribution in [3.63, 3.8) is 0 Å². The normalized spacial score (nSPS) is 27.3. The number of methoxy groups -OCH3 is 1. The van der Waals surface area contributed by atoms with Gasteiger partial charge in [-0.1, -0.05) is 51.7 Å². The minimum Gasteiger partial charge on any atom is -0.438 e. The smallest absolute Gasteiger partial charge is 0.438 e. The number of hydrogen-bond acceptors (Lipinski definition) is 6. The quantitative estimate of drug-likeness (QED) is 0.336. The van der Waals surface area contributed by atoms with Gasteiger partial charge in [0.1, 0.15) is 5.82 Å². The van der Waals surface area contributed by atoms with E-state index in [9.17, 15) is 9.18 Å². The molecule has 35 heavy (non-hydrogen) atoms. The van der Waals surface area contributed by atoms with Crippen LogP contribution in [0, 0.1) is 17.7 Å². The van der Waals surface area contributed by atoms with Crippen LogP contribution in [0.4, 0.5) is 9.18 Å². The molecule has 1 aromatic carbocycles. The molecular weight excluding hydrogens is 445 g/mol. The molecule has 1 saturated carbocycles. The van der Waals surface area contributed by atoms with Gasteiger partial charge in [-0.25, -0.2) is 14.2 Å². The van der Waals surface area contributed by atoms with Crippen molar-refractivity contribution in [1.29, 1.82) is 0 Å². The summed E-state index contributed by atoms with van der Waals surface area (Å²) in [5, 5.41) is 0. The van der Waals surface area contributed by atoms with Crippen LogP contribution in [0.5, 0.6) is 0 Å². The van der Waals surface area contributed by atoms with E-state index >= 15 is 0 Å². The minimum atomic E-state index is -0.868. The predicted molar refractivity (Wildman–Crippen MR) is 138 cm³/mol. The van der Waals surface area contributed by atoms with Crippen molar-refractivity contribution >= 4 is 12.5 Å². The Hall–Kier alpha value is -2.15. The van der Waals surface area contributed by atoms with E-state index in [2.05, 4.69) is 37.7 Å². The summed E-state index contributed by atoms with van der Waals surface area (Å²) in [6, 6.07) is 7.31. The van der Waals surface area contributed by atoms with Crippen LogP contribution in [0.2, 0.25) is 0 Å². The van der Waals surface area contributed by atoms with Crippen molar-refractivity contribution < 1.29 is 18.7 Å². The van der Waals surface area contributed by atoms with E-state index in [1.54, 1.807) is 12.1 Å². The number of ether oxygens (including phenoxy) is 2. The Bertz CT molecular complexity index is 823. The number of carbonyl (C=O) groups is 1. The predicted octanol–water partition coefficient (Wildman–Crippen LogP) is 6.42. The molecule has 0 bridgehead atoms. The highest BCUT2D eigenvalue weighted by Gasteiger charge is 2.49. The zero-order valence-electron chi connectivity index (χ0n) is 22.2. The molecule has 0 amide bonds. The largest absolute Gasteiger partial charge is 0.510 e. The van der Waals surface area contributed by atoms with E-state index in [1.807, 2.05) is 18.5 Å². The fourth-order valence-electron chi connectivity index (χ4n) is 6.10. The molecule has 3 atom stereocenters. The van der Waals surface area contributed by atoms with E-state index in [0.717, 1.165) is 57.9 Å². The van der Waals surface area contributed by atoms with Gasteiger partial charge in [-0.2, -0.15) is 0 Å². The minimum absolute atomic E-state index is 0.0383. The van der Waals surface area contributed by atoms with Gasteiger partial charge in [-0.15, -0.1) is 0 Å². The van der Waals surface area contributed by atoms with E-state index in [0.29, 0.717) is 18.3 Å². The molecule has 1 aliphatic carbocycles. The van der Waals surface area contributed by atoms with E-state index in [1.165, 1.54) is 12.7 Å². The van der Waals surface area contributed by atoms with Crippen molar-refractivity contribution in [2.75, 3.05) is 27.7 Å². The zero-order valence-corrected chi connectivity index (χ0v) is 22.2. The molecule has 1 aromatic rings. The number of benzene rings is 1. The van der Waals surface area contributed by atoms with Crippen LogP contribution in [0.1, 0.15) is 83.2 Å². The van der Waals surface area contributed by atoms with Crippen LogP contribution in [0.25, 0.3) is 0 Å². The summed E-state index contributed by atoms with van der Waals surface area (Å²) in [6.07, 6.45) is 10.5. The van der Waals surface area contributed by atoms with Gasteiger partial charge in [0.15, 0.2) is 0 Å². The SMILES string of the molecule is CCCCN1C=NC(CCC)(OC(=O)OC)C1CC1CCC(C(c2ccc(F)cc2)N(C)C)CC1. The lowest BCUT2D eigenvalue weighted by atomic mass is 9.73. The molecule has 3 unspecified atom stereocenters. The second-order valence-corrected chi connectivity index (χ2v) is 10.5. The molecule has 7 heteroatoms. The molecule has 0 spiro atoms. The fraction of sp³-hybridized carbons (Fsp3) is 0.714. The maximum absolute atomic E-state index is 13.5. The van der Waals surface area contributed by atoms with E-state index in [4.69, 9.17) is 14.5 Å². The van der Waals surface area contributed by atoms with Gasteiger partial charge in [0.25, 0.3) is 0 Å². The highest BCUT2D eigenvalue weighted by molar-refractivity contribution is 5.64. The topological polar surface area (TPSA) is 54.4 Å². The molecule has 6 nitrogen and oxygen atoms in total. The molecule has 1 fully saturated rings. The average molecular weight is 490 g/mol. The maximum atomic E-state index is 13.5. The first-order chi connectivity index (χ1) is 16.8. The highest BCUT2D eigenvalue weighted by atomic mass is 19.1. The van der Waals surface area contributed by atoms with Crippen LogP contribution in [0.15, 0.2) is 29.3 Å². The Morgan fingerprint density at radius 1 is 1.17 bits per heavy atom. The second-order valence-electron chi connectivity index (χ2n) is 10.5. The molecule has 1 aliphatic heterocycles. The van der Waals surface area contributed by atoms with Crippen LogP contribution >= 0.6 is 0 Å². The number of rotatable bonds is 11. The summed E-state index contributed by atoms with van der Waals surface area (Å²) in [5.74, 6) is 0.899. The summed E-state index contributed by atoms with van der Waals surface area (Å²) in [6.45, 7) is 5.21. The third-order valence-corrected chi connectivity index (χ3v) is 7.81. The zero-order chi connectivity index (χ0) is 25.4. The van der Waals surface area contributed by atoms with Gasteiger partial charge < -0.3 is 19.3 Å².